The standard InChI is InChI=1S/C23H13F4N3O2/c24-17-6-3-5-15(19(17)25)14-4-1-2-7-18(14)30-11-13-9-8-12(10-16(13)23(30)31)21-28-29-22(32-21)20(26)27/h1-10,20H,11H2. The first-order valence-corrected chi connectivity index (χ1v) is 9.54. The number of rotatable bonds is 4. The average Bonchev–Trinajstić information content (AvgIpc) is 3.41. The Bertz CT molecular complexity index is 1350. The van der Waals surface area contributed by atoms with Crippen LogP contribution < -0.4 is 4.90 Å². The number of benzene rings is 3. The monoisotopic (exact) mass is 439 g/mol. The number of carbonyl (C=O) groups excluding carboxylic acids is 1. The minimum absolute atomic E-state index is 0.0374. The highest BCUT2D eigenvalue weighted by atomic mass is 19.3. The van der Waals surface area contributed by atoms with Gasteiger partial charge in [0.1, 0.15) is 0 Å². The number of halogens is 4. The van der Waals surface area contributed by atoms with E-state index in [9.17, 15) is 22.4 Å². The highest BCUT2D eigenvalue weighted by Gasteiger charge is 2.31. The van der Waals surface area contributed by atoms with Crippen molar-refractivity contribution >= 4 is 11.6 Å². The lowest BCUT2D eigenvalue weighted by molar-refractivity contribution is 0.0996. The summed E-state index contributed by atoms with van der Waals surface area (Å²) in [5, 5.41) is 6.91. The predicted molar refractivity (Wildman–Crippen MR) is 107 cm³/mol. The number of carbonyl (C=O) groups is 1. The van der Waals surface area contributed by atoms with Crippen molar-refractivity contribution in [3.8, 4) is 22.6 Å². The van der Waals surface area contributed by atoms with Crippen LogP contribution in [0.1, 0.15) is 28.2 Å². The normalized spacial score (nSPS) is 13.2. The fourth-order valence-electron chi connectivity index (χ4n) is 3.72. The van der Waals surface area contributed by atoms with Gasteiger partial charge in [-0.25, -0.2) is 8.78 Å². The Hall–Kier alpha value is -4.01. The molecule has 1 aromatic heterocycles. The molecule has 0 bridgehead atoms. The van der Waals surface area contributed by atoms with Gasteiger partial charge in [0.25, 0.3) is 11.8 Å². The number of aromatic nitrogens is 2. The molecule has 0 radical (unpaired) electrons. The van der Waals surface area contributed by atoms with Crippen LogP contribution in [0, 0.1) is 11.6 Å². The molecule has 0 fully saturated rings. The minimum Gasteiger partial charge on any atom is -0.415 e. The fourth-order valence-corrected chi connectivity index (χ4v) is 3.72. The van der Waals surface area contributed by atoms with Crippen molar-refractivity contribution in [2.45, 2.75) is 13.0 Å². The van der Waals surface area contributed by atoms with Crippen molar-refractivity contribution < 1.29 is 26.8 Å². The predicted octanol–water partition coefficient (Wildman–Crippen LogP) is 5.78. The second-order valence-corrected chi connectivity index (χ2v) is 7.13. The van der Waals surface area contributed by atoms with E-state index in [1.165, 1.54) is 23.1 Å². The van der Waals surface area contributed by atoms with E-state index in [2.05, 4.69) is 10.2 Å². The number of anilines is 1. The average molecular weight is 439 g/mol. The van der Waals surface area contributed by atoms with Crippen molar-refractivity contribution in [3.63, 3.8) is 0 Å². The van der Waals surface area contributed by atoms with Crippen molar-refractivity contribution in [1.82, 2.24) is 10.2 Å². The molecule has 0 unspecified atom stereocenters. The zero-order chi connectivity index (χ0) is 22.4. The van der Waals surface area contributed by atoms with Crippen LogP contribution in [0.5, 0.6) is 0 Å². The Morgan fingerprint density at radius 3 is 2.47 bits per heavy atom. The summed E-state index contributed by atoms with van der Waals surface area (Å²) in [6, 6.07) is 15.2. The Labute approximate surface area is 178 Å². The lowest BCUT2D eigenvalue weighted by Crippen LogP contribution is -2.23. The van der Waals surface area contributed by atoms with E-state index in [1.54, 1.807) is 36.4 Å². The molecule has 4 aromatic rings. The van der Waals surface area contributed by atoms with E-state index in [4.69, 9.17) is 4.42 Å². The van der Waals surface area contributed by atoms with Gasteiger partial charge in [0.2, 0.25) is 5.89 Å². The minimum atomic E-state index is -2.90. The number of nitrogens with zero attached hydrogens (tertiary/aromatic N) is 3. The smallest absolute Gasteiger partial charge is 0.314 e. The molecule has 1 amide bonds. The van der Waals surface area contributed by atoms with Crippen molar-refractivity contribution in [2.24, 2.45) is 0 Å². The lowest BCUT2D eigenvalue weighted by Gasteiger charge is -2.20. The van der Waals surface area contributed by atoms with Crippen molar-refractivity contribution in [2.75, 3.05) is 4.90 Å². The maximum absolute atomic E-state index is 14.5. The molecule has 2 heterocycles. The Kier molecular flexibility index (Phi) is 4.73. The van der Waals surface area contributed by atoms with Crippen molar-refractivity contribution in [3.05, 3.63) is 89.3 Å². The summed E-state index contributed by atoms with van der Waals surface area (Å²) in [5.41, 5.74) is 2.15. The van der Waals surface area contributed by atoms with Crippen LogP contribution in [0.25, 0.3) is 22.6 Å². The van der Waals surface area contributed by atoms with E-state index in [1.807, 2.05) is 0 Å². The first kappa shape index (κ1) is 19.9. The Morgan fingerprint density at radius 1 is 0.906 bits per heavy atom. The molecule has 1 aliphatic heterocycles. The summed E-state index contributed by atoms with van der Waals surface area (Å²) in [6.45, 7) is 0.203. The summed E-state index contributed by atoms with van der Waals surface area (Å²) >= 11 is 0. The number of para-hydroxylation sites is 1. The fraction of sp³-hybridized carbons (Fsp3) is 0.0870. The van der Waals surface area contributed by atoms with Gasteiger partial charge in [-0.1, -0.05) is 36.4 Å². The molecule has 9 heteroatoms. The second-order valence-electron chi connectivity index (χ2n) is 7.13. The summed E-state index contributed by atoms with van der Waals surface area (Å²) in [7, 11) is 0. The highest BCUT2D eigenvalue weighted by Crippen LogP contribution is 2.38. The zero-order valence-corrected chi connectivity index (χ0v) is 16.2. The SMILES string of the molecule is O=C1c2cc(-c3nnc(C(F)F)o3)ccc2CN1c1ccccc1-c1cccc(F)c1F. The molecule has 32 heavy (non-hydrogen) atoms. The molecule has 0 N–H and O–H groups in total. The first-order chi connectivity index (χ1) is 15.4. The third-order valence-electron chi connectivity index (χ3n) is 5.22. The summed E-state index contributed by atoms with van der Waals surface area (Å²) in [6.07, 6.45) is -2.90. The van der Waals surface area contributed by atoms with Gasteiger partial charge in [-0.2, -0.15) is 8.78 Å². The molecule has 5 nitrogen and oxygen atoms in total. The Balaban J connectivity index is 1.53. The third-order valence-corrected chi connectivity index (χ3v) is 5.22. The molecule has 5 rings (SSSR count). The van der Waals surface area contributed by atoms with Crippen LogP contribution in [-0.2, 0) is 6.54 Å². The van der Waals surface area contributed by atoms with Gasteiger partial charge in [-0.15, -0.1) is 10.2 Å². The van der Waals surface area contributed by atoms with E-state index in [0.29, 0.717) is 27.9 Å². The first-order valence-electron chi connectivity index (χ1n) is 9.54. The lowest BCUT2D eigenvalue weighted by atomic mass is 10.0. The van der Waals surface area contributed by atoms with Crippen LogP contribution >= 0.6 is 0 Å². The number of amides is 1. The zero-order valence-electron chi connectivity index (χ0n) is 16.2. The molecular formula is C23H13F4N3O2. The van der Waals surface area contributed by atoms with Crippen molar-refractivity contribution in [1.29, 1.82) is 0 Å². The van der Waals surface area contributed by atoms with Gasteiger partial charge in [0, 0.05) is 22.3 Å². The number of hydrogen-bond donors (Lipinski definition) is 0. The van der Waals surface area contributed by atoms with Crippen LogP contribution in [-0.4, -0.2) is 16.1 Å². The van der Waals surface area contributed by atoms with Gasteiger partial charge >= 0.3 is 6.43 Å². The summed E-state index contributed by atoms with van der Waals surface area (Å²) in [4.78, 5) is 14.7. The maximum atomic E-state index is 14.5. The molecule has 1 aliphatic rings. The van der Waals surface area contributed by atoms with Crippen LogP contribution in [0.15, 0.2) is 65.1 Å². The van der Waals surface area contributed by atoms with Gasteiger partial charge in [-0.05, 0) is 29.8 Å². The molecular weight excluding hydrogens is 426 g/mol. The highest BCUT2D eigenvalue weighted by molar-refractivity contribution is 6.12. The van der Waals surface area contributed by atoms with Crippen LogP contribution in [0.3, 0.4) is 0 Å². The molecule has 0 spiro atoms. The summed E-state index contributed by atoms with van der Waals surface area (Å²) < 4.78 is 58.7. The van der Waals surface area contributed by atoms with Gasteiger partial charge in [-0.3, -0.25) is 4.79 Å². The topological polar surface area (TPSA) is 59.2 Å². The number of alkyl halides is 2. The van der Waals surface area contributed by atoms with Gasteiger partial charge in [0.05, 0.1) is 12.2 Å². The van der Waals surface area contributed by atoms with Crippen LogP contribution in [0.2, 0.25) is 0 Å². The summed E-state index contributed by atoms with van der Waals surface area (Å²) in [5.74, 6) is -3.30. The maximum Gasteiger partial charge on any atom is 0.314 e. The molecule has 0 saturated heterocycles. The molecule has 0 saturated carbocycles. The van der Waals surface area contributed by atoms with E-state index in [0.717, 1.165) is 6.07 Å². The van der Waals surface area contributed by atoms with E-state index >= 15 is 0 Å². The molecule has 0 atom stereocenters. The third kappa shape index (κ3) is 3.22. The van der Waals surface area contributed by atoms with Gasteiger partial charge < -0.3 is 9.32 Å². The van der Waals surface area contributed by atoms with Gasteiger partial charge in [0.15, 0.2) is 11.6 Å². The molecule has 160 valence electrons. The van der Waals surface area contributed by atoms with E-state index in [-0.39, 0.29) is 23.9 Å². The van der Waals surface area contributed by atoms with E-state index < -0.39 is 24.0 Å². The quantitative estimate of drug-likeness (QED) is 0.378. The largest absolute Gasteiger partial charge is 0.415 e. The van der Waals surface area contributed by atoms with Crippen LogP contribution in [0.4, 0.5) is 23.2 Å². The molecule has 0 aliphatic carbocycles. The Morgan fingerprint density at radius 2 is 1.69 bits per heavy atom. The number of hydrogen-bond acceptors (Lipinski definition) is 4. The number of fused-ring (bicyclic) bond motifs is 1. The second kappa shape index (κ2) is 7.60. The molecule has 3 aromatic carbocycles.